The molecule has 0 bridgehead atoms. The smallest absolute Gasteiger partial charge is 0.309 e. The minimum atomic E-state index is -0.337. The fourth-order valence-electron chi connectivity index (χ4n) is 1.55. The van der Waals surface area contributed by atoms with Crippen LogP contribution in [0.3, 0.4) is 0 Å². The predicted octanol–water partition coefficient (Wildman–Crippen LogP) is 2.64. The topological polar surface area (TPSA) is 52.6 Å². The maximum atomic E-state index is 11.5. The highest BCUT2D eigenvalue weighted by Crippen LogP contribution is 2.19. The van der Waals surface area contributed by atoms with Crippen molar-refractivity contribution in [3.8, 4) is 5.75 Å². The Kier molecular flexibility index (Phi) is 5.55. The summed E-state index contributed by atoms with van der Waals surface area (Å²) >= 11 is 0. The summed E-state index contributed by atoms with van der Waals surface area (Å²) in [7, 11) is 1.34. The summed E-state index contributed by atoms with van der Waals surface area (Å²) in [4.78, 5) is 22.8. The minimum Gasteiger partial charge on any atom is -0.493 e. The van der Waals surface area contributed by atoms with Gasteiger partial charge in [-0.15, -0.1) is 0 Å². The zero-order valence-electron chi connectivity index (χ0n) is 11.9. The molecule has 0 unspecified atom stereocenters. The van der Waals surface area contributed by atoms with Gasteiger partial charge in [0.2, 0.25) is 0 Å². The molecule has 0 amide bonds. The molecular formula is C15H20O4. The molecule has 0 aliphatic carbocycles. The lowest BCUT2D eigenvalue weighted by molar-refractivity contribution is -0.139. The molecule has 4 nitrogen and oxygen atoms in total. The lowest BCUT2D eigenvalue weighted by atomic mass is 10.0. The van der Waals surface area contributed by atoms with E-state index in [1.54, 1.807) is 18.2 Å². The van der Waals surface area contributed by atoms with Crippen molar-refractivity contribution in [1.29, 1.82) is 0 Å². The Morgan fingerprint density at radius 3 is 2.42 bits per heavy atom. The number of carbonyl (C=O) groups is 2. The van der Waals surface area contributed by atoms with Crippen LogP contribution in [0, 0.1) is 5.92 Å². The van der Waals surface area contributed by atoms with Crippen LogP contribution in [-0.4, -0.2) is 25.5 Å². The van der Waals surface area contributed by atoms with Gasteiger partial charge in [0.25, 0.3) is 0 Å². The largest absolute Gasteiger partial charge is 0.493 e. The lowest BCUT2D eigenvalue weighted by Gasteiger charge is -2.11. The van der Waals surface area contributed by atoms with Crippen molar-refractivity contribution in [2.24, 2.45) is 5.92 Å². The number of carbonyl (C=O) groups excluding carboxylic acids is 2. The molecule has 0 fully saturated rings. The molecule has 104 valence electrons. The van der Waals surface area contributed by atoms with Gasteiger partial charge < -0.3 is 9.47 Å². The second-order valence-corrected chi connectivity index (χ2v) is 4.88. The lowest BCUT2D eigenvalue weighted by Crippen LogP contribution is -2.08. The molecule has 0 aliphatic rings. The van der Waals surface area contributed by atoms with Gasteiger partial charge >= 0.3 is 5.97 Å². The number of ketones is 1. The van der Waals surface area contributed by atoms with Crippen molar-refractivity contribution in [3.05, 3.63) is 29.3 Å². The molecule has 0 radical (unpaired) electrons. The minimum absolute atomic E-state index is 0.0545. The highest BCUT2D eigenvalue weighted by atomic mass is 16.5. The van der Waals surface area contributed by atoms with Crippen LogP contribution in [0.4, 0.5) is 0 Å². The number of methoxy groups -OCH3 is 1. The molecular weight excluding hydrogens is 244 g/mol. The molecule has 0 atom stereocenters. The van der Waals surface area contributed by atoms with Crippen LogP contribution in [0.2, 0.25) is 0 Å². The summed E-state index contributed by atoms with van der Waals surface area (Å²) in [5.41, 5.74) is 1.26. The van der Waals surface area contributed by atoms with E-state index in [9.17, 15) is 9.59 Å². The summed E-state index contributed by atoms with van der Waals surface area (Å²) in [5, 5.41) is 0. The number of rotatable bonds is 6. The summed E-state index contributed by atoms with van der Waals surface area (Å²) < 4.78 is 10.2. The third-order valence-electron chi connectivity index (χ3n) is 2.53. The predicted molar refractivity (Wildman–Crippen MR) is 72.5 cm³/mol. The van der Waals surface area contributed by atoms with Gasteiger partial charge in [0, 0.05) is 5.56 Å². The van der Waals surface area contributed by atoms with Gasteiger partial charge in [-0.2, -0.15) is 0 Å². The standard InChI is InChI=1S/C15H20O4/c1-10(2)9-19-14-6-12(7-15(17)18-4)5-13(8-14)11(3)16/h5-6,8,10H,7,9H2,1-4H3. The van der Waals surface area contributed by atoms with Gasteiger partial charge in [0.15, 0.2) is 5.78 Å². The van der Waals surface area contributed by atoms with E-state index in [4.69, 9.17) is 4.74 Å². The maximum absolute atomic E-state index is 11.5. The average Bonchev–Trinajstić information content (AvgIpc) is 2.35. The molecule has 1 aromatic rings. The number of hydrogen-bond donors (Lipinski definition) is 0. The van der Waals surface area contributed by atoms with Gasteiger partial charge in [-0.3, -0.25) is 9.59 Å². The Labute approximate surface area is 113 Å². The van der Waals surface area contributed by atoms with Crippen LogP contribution >= 0.6 is 0 Å². The normalized spacial score (nSPS) is 10.4. The third-order valence-corrected chi connectivity index (χ3v) is 2.53. The van der Waals surface area contributed by atoms with Gasteiger partial charge in [-0.25, -0.2) is 0 Å². The van der Waals surface area contributed by atoms with E-state index in [1.807, 2.05) is 13.8 Å². The van der Waals surface area contributed by atoms with Crippen molar-refractivity contribution in [2.45, 2.75) is 27.2 Å². The SMILES string of the molecule is COC(=O)Cc1cc(OCC(C)C)cc(C(C)=O)c1. The molecule has 0 saturated heterocycles. The molecule has 0 aromatic heterocycles. The Balaban J connectivity index is 2.96. The van der Waals surface area contributed by atoms with E-state index in [1.165, 1.54) is 14.0 Å². The van der Waals surface area contributed by atoms with E-state index in [0.29, 0.717) is 23.8 Å². The molecule has 0 heterocycles. The first-order valence-electron chi connectivity index (χ1n) is 6.27. The van der Waals surface area contributed by atoms with E-state index >= 15 is 0 Å². The monoisotopic (exact) mass is 264 g/mol. The van der Waals surface area contributed by atoms with Crippen LogP contribution < -0.4 is 4.74 Å². The highest BCUT2D eigenvalue weighted by molar-refractivity contribution is 5.94. The Morgan fingerprint density at radius 1 is 1.21 bits per heavy atom. The number of hydrogen-bond acceptors (Lipinski definition) is 4. The maximum Gasteiger partial charge on any atom is 0.309 e. The van der Waals surface area contributed by atoms with E-state index in [-0.39, 0.29) is 18.2 Å². The summed E-state index contributed by atoms with van der Waals surface area (Å²) in [6.07, 6.45) is 0.135. The van der Waals surface area contributed by atoms with E-state index < -0.39 is 0 Å². The molecule has 0 spiro atoms. The summed E-state index contributed by atoms with van der Waals surface area (Å²) in [6.45, 7) is 6.15. The van der Waals surface area contributed by atoms with Crippen molar-refractivity contribution in [2.75, 3.05) is 13.7 Å². The Bertz CT molecular complexity index is 463. The van der Waals surface area contributed by atoms with Crippen molar-refractivity contribution >= 4 is 11.8 Å². The number of benzene rings is 1. The van der Waals surface area contributed by atoms with Crippen LogP contribution in [0.1, 0.15) is 36.7 Å². The number of Topliss-reactive ketones (excluding diaryl/α,β-unsaturated/α-hetero) is 1. The molecule has 0 N–H and O–H groups in total. The molecule has 19 heavy (non-hydrogen) atoms. The second kappa shape index (κ2) is 6.92. The van der Waals surface area contributed by atoms with Crippen LogP contribution in [0.5, 0.6) is 5.75 Å². The van der Waals surface area contributed by atoms with E-state index in [0.717, 1.165) is 5.56 Å². The van der Waals surface area contributed by atoms with Gasteiger partial charge in [-0.05, 0) is 36.6 Å². The second-order valence-electron chi connectivity index (χ2n) is 4.88. The number of esters is 1. The molecule has 1 aromatic carbocycles. The summed E-state index contributed by atoms with van der Waals surface area (Å²) in [5.74, 6) is 0.613. The highest BCUT2D eigenvalue weighted by Gasteiger charge is 2.09. The Hall–Kier alpha value is -1.84. The fraction of sp³-hybridized carbons (Fsp3) is 0.467. The van der Waals surface area contributed by atoms with Crippen molar-refractivity contribution in [1.82, 2.24) is 0 Å². The molecule has 4 heteroatoms. The number of ether oxygens (including phenoxy) is 2. The first-order valence-corrected chi connectivity index (χ1v) is 6.27. The zero-order chi connectivity index (χ0) is 14.4. The molecule has 0 saturated carbocycles. The first-order chi connectivity index (χ1) is 8.92. The van der Waals surface area contributed by atoms with E-state index in [2.05, 4.69) is 4.74 Å². The fourth-order valence-corrected chi connectivity index (χ4v) is 1.55. The van der Waals surface area contributed by atoms with Crippen molar-refractivity contribution in [3.63, 3.8) is 0 Å². The quantitative estimate of drug-likeness (QED) is 0.585. The Morgan fingerprint density at radius 2 is 1.89 bits per heavy atom. The van der Waals surface area contributed by atoms with Gasteiger partial charge in [0.05, 0.1) is 20.1 Å². The average molecular weight is 264 g/mol. The molecule has 1 rings (SSSR count). The molecule has 0 aliphatic heterocycles. The van der Waals surface area contributed by atoms with Gasteiger partial charge in [0.1, 0.15) is 5.75 Å². The van der Waals surface area contributed by atoms with Gasteiger partial charge in [-0.1, -0.05) is 13.8 Å². The van der Waals surface area contributed by atoms with Crippen LogP contribution in [0.25, 0.3) is 0 Å². The van der Waals surface area contributed by atoms with Crippen LogP contribution in [-0.2, 0) is 16.0 Å². The third kappa shape index (κ3) is 5.12. The summed E-state index contributed by atoms with van der Waals surface area (Å²) in [6, 6.07) is 5.17. The first kappa shape index (κ1) is 15.2. The zero-order valence-corrected chi connectivity index (χ0v) is 11.9. The van der Waals surface area contributed by atoms with Crippen LogP contribution in [0.15, 0.2) is 18.2 Å². The van der Waals surface area contributed by atoms with Crippen molar-refractivity contribution < 1.29 is 19.1 Å².